The third-order valence-corrected chi connectivity index (χ3v) is 3.16. The van der Waals surface area contributed by atoms with Gasteiger partial charge in [0.25, 0.3) is 0 Å². The average molecular weight is 345 g/mol. The van der Waals surface area contributed by atoms with Gasteiger partial charge in [-0.3, -0.25) is 0 Å². The van der Waals surface area contributed by atoms with E-state index in [0.29, 0.717) is 22.0 Å². The number of alkyl carbamates (subject to hydrolysis) is 1. The van der Waals surface area contributed by atoms with Crippen LogP contribution in [-0.2, 0) is 16.0 Å². The molecule has 0 aliphatic heterocycles. The molecule has 1 unspecified atom stereocenters. The van der Waals surface area contributed by atoms with Crippen LogP contribution in [0.4, 0.5) is 10.5 Å². The Bertz CT molecular complexity index is 598. The molecule has 1 atom stereocenters. The molecule has 23 heavy (non-hydrogen) atoms. The molecule has 0 aliphatic rings. The highest BCUT2D eigenvalue weighted by Gasteiger charge is 2.25. The summed E-state index contributed by atoms with van der Waals surface area (Å²) in [6, 6.07) is 1.82. The molecule has 1 amide bonds. The van der Waals surface area contributed by atoms with Crippen molar-refractivity contribution in [3.05, 3.63) is 22.7 Å². The molecule has 0 bridgehead atoms. The first kappa shape index (κ1) is 18.9. The molecule has 8 heteroatoms. The summed E-state index contributed by atoms with van der Waals surface area (Å²) in [7, 11) is 1.44. The number of anilines is 1. The molecule has 4 N–H and O–H groups in total. The number of hydrogen-bond acceptors (Lipinski definition) is 5. The Morgan fingerprint density at radius 1 is 1.39 bits per heavy atom. The van der Waals surface area contributed by atoms with Crippen molar-refractivity contribution in [1.29, 1.82) is 0 Å². The van der Waals surface area contributed by atoms with Gasteiger partial charge < -0.3 is 25.6 Å². The van der Waals surface area contributed by atoms with Crippen molar-refractivity contribution in [2.24, 2.45) is 0 Å². The summed E-state index contributed by atoms with van der Waals surface area (Å²) in [6.07, 6.45) is -0.854. The molecule has 0 saturated heterocycles. The summed E-state index contributed by atoms with van der Waals surface area (Å²) in [5.41, 5.74) is 5.83. The number of aliphatic carboxylic acids is 1. The number of benzene rings is 1. The molecule has 0 spiro atoms. The Hall–Kier alpha value is -2.15. The lowest BCUT2D eigenvalue weighted by Crippen LogP contribution is -2.44. The number of nitrogens with two attached hydrogens (primary N) is 1. The Morgan fingerprint density at radius 2 is 2.00 bits per heavy atom. The van der Waals surface area contributed by atoms with Gasteiger partial charge in [-0.25, -0.2) is 9.59 Å². The highest BCUT2D eigenvalue weighted by atomic mass is 35.5. The van der Waals surface area contributed by atoms with Crippen molar-refractivity contribution in [3.8, 4) is 5.75 Å². The second kappa shape index (κ2) is 7.41. The van der Waals surface area contributed by atoms with Gasteiger partial charge in [0.2, 0.25) is 0 Å². The van der Waals surface area contributed by atoms with Crippen LogP contribution in [0.15, 0.2) is 12.1 Å². The number of nitrogen functional groups attached to an aromatic ring is 1. The van der Waals surface area contributed by atoms with Gasteiger partial charge >= 0.3 is 12.1 Å². The summed E-state index contributed by atoms with van der Waals surface area (Å²) in [5, 5.41) is 11.9. The van der Waals surface area contributed by atoms with E-state index in [9.17, 15) is 14.7 Å². The lowest BCUT2D eigenvalue weighted by atomic mass is 10.0. The van der Waals surface area contributed by atoms with Gasteiger partial charge in [-0.1, -0.05) is 11.6 Å². The maximum absolute atomic E-state index is 11.8. The Labute approximate surface area is 139 Å². The zero-order chi connectivity index (χ0) is 17.8. The number of carboxylic acids is 1. The summed E-state index contributed by atoms with van der Waals surface area (Å²) in [4.78, 5) is 23.1. The van der Waals surface area contributed by atoms with E-state index in [-0.39, 0.29) is 6.42 Å². The molecule has 128 valence electrons. The lowest BCUT2D eigenvalue weighted by Gasteiger charge is -2.22. The zero-order valence-electron chi connectivity index (χ0n) is 13.5. The molecule has 1 aromatic carbocycles. The van der Waals surface area contributed by atoms with Gasteiger partial charge in [0.05, 0.1) is 12.8 Å². The number of rotatable bonds is 5. The van der Waals surface area contributed by atoms with Crippen LogP contribution in [0.2, 0.25) is 5.02 Å². The number of nitrogens with one attached hydrogen (secondary N) is 1. The highest BCUT2D eigenvalue weighted by molar-refractivity contribution is 6.31. The third kappa shape index (κ3) is 5.86. The van der Waals surface area contributed by atoms with Crippen LogP contribution in [0, 0.1) is 0 Å². The number of hydrogen-bond donors (Lipinski definition) is 3. The number of carbonyl (C=O) groups excluding carboxylic acids is 1. The molecular weight excluding hydrogens is 324 g/mol. The normalized spacial score (nSPS) is 12.4. The second-order valence-corrected chi connectivity index (χ2v) is 6.33. The first-order valence-electron chi connectivity index (χ1n) is 6.87. The number of amides is 1. The minimum atomic E-state index is -1.21. The van der Waals surface area contributed by atoms with Gasteiger partial charge in [-0.2, -0.15) is 0 Å². The average Bonchev–Trinajstić information content (AvgIpc) is 2.38. The van der Waals surface area contributed by atoms with Crippen LogP contribution in [0.3, 0.4) is 0 Å². The number of methoxy groups -OCH3 is 1. The standard InChI is InChI=1S/C15H21ClN2O5/c1-15(2,3)23-14(21)18-11(13(19)20)5-8-6-12(22-4)10(17)7-9(8)16/h6-7,11H,5,17H2,1-4H3,(H,18,21)(H,19,20). The van der Waals surface area contributed by atoms with Crippen molar-refractivity contribution >= 4 is 29.4 Å². The SMILES string of the molecule is COc1cc(CC(NC(=O)OC(C)(C)C)C(=O)O)c(Cl)cc1N. The van der Waals surface area contributed by atoms with Gasteiger partial charge in [-0.15, -0.1) is 0 Å². The smallest absolute Gasteiger partial charge is 0.408 e. The molecule has 7 nitrogen and oxygen atoms in total. The van der Waals surface area contributed by atoms with Gasteiger partial charge in [0.1, 0.15) is 17.4 Å². The Balaban J connectivity index is 2.93. The van der Waals surface area contributed by atoms with Crippen LogP contribution in [0.25, 0.3) is 0 Å². The molecular formula is C15H21ClN2O5. The molecule has 1 aromatic rings. The fraction of sp³-hybridized carbons (Fsp3) is 0.467. The quantitative estimate of drug-likeness (QED) is 0.707. The van der Waals surface area contributed by atoms with Crippen LogP contribution in [0.1, 0.15) is 26.3 Å². The number of ether oxygens (including phenoxy) is 2. The molecule has 0 aromatic heterocycles. The number of carboxylic acid groups (broad SMARTS) is 1. The van der Waals surface area contributed by atoms with Crippen molar-refractivity contribution in [1.82, 2.24) is 5.32 Å². The molecule has 0 radical (unpaired) electrons. The number of carbonyl (C=O) groups is 2. The minimum Gasteiger partial charge on any atom is -0.495 e. The van der Waals surface area contributed by atoms with Crippen LogP contribution in [0.5, 0.6) is 5.75 Å². The van der Waals surface area contributed by atoms with E-state index in [4.69, 9.17) is 26.8 Å². The summed E-state index contributed by atoms with van der Waals surface area (Å²) >= 11 is 6.08. The van der Waals surface area contributed by atoms with Crippen molar-refractivity contribution in [3.63, 3.8) is 0 Å². The van der Waals surface area contributed by atoms with Crippen molar-refractivity contribution in [2.75, 3.05) is 12.8 Å². The summed E-state index contributed by atoms with van der Waals surface area (Å²) in [6.45, 7) is 5.05. The van der Waals surface area contributed by atoms with Gasteiger partial charge in [-0.05, 0) is 38.5 Å². The zero-order valence-corrected chi connectivity index (χ0v) is 14.2. The molecule has 0 fully saturated rings. The van der Waals surface area contributed by atoms with E-state index >= 15 is 0 Å². The molecule has 1 rings (SSSR count). The van der Waals surface area contributed by atoms with Gasteiger partial charge in [0.15, 0.2) is 0 Å². The first-order chi connectivity index (χ1) is 10.5. The van der Waals surface area contributed by atoms with E-state index in [0.717, 1.165) is 0 Å². The van der Waals surface area contributed by atoms with E-state index < -0.39 is 23.7 Å². The maximum atomic E-state index is 11.8. The molecule has 0 saturated carbocycles. The van der Waals surface area contributed by atoms with E-state index in [1.54, 1.807) is 26.8 Å². The lowest BCUT2D eigenvalue weighted by molar-refractivity contribution is -0.139. The van der Waals surface area contributed by atoms with Crippen molar-refractivity contribution < 1.29 is 24.2 Å². The van der Waals surface area contributed by atoms with Crippen LogP contribution < -0.4 is 15.8 Å². The second-order valence-electron chi connectivity index (χ2n) is 5.93. The monoisotopic (exact) mass is 344 g/mol. The maximum Gasteiger partial charge on any atom is 0.408 e. The fourth-order valence-corrected chi connectivity index (χ4v) is 2.06. The summed E-state index contributed by atoms with van der Waals surface area (Å²) in [5.74, 6) is -0.825. The Morgan fingerprint density at radius 3 is 2.48 bits per heavy atom. The minimum absolute atomic E-state index is 0.0376. The molecule has 0 heterocycles. The van der Waals surface area contributed by atoms with E-state index in [1.807, 2.05) is 0 Å². The van der Waals surface area contributed by atoms with Crippen molar-refractivity contribution in [2.45, 2.75) is 38.8 Å². The number of halogens is 1. The van der Waals surface area contributed by atoms with E-state index in [1.165, 1.54) is 13.2 Å². The van der Waals surface area contributed by atoms with Crippen LogP contribution >= 0.6 is 11.6 Å². The third-order valence-electron chi connectivity index (χ3n) is 2.81. The van der Waals surface area contributed by atoms with Gasteiger partial charge in [0, 0.05) is 11.4 Å². The predicted octanol–water partition coefficient (Wildman–Crippen LogP) is 2.45. The fourth-order valence-electron chi connectivity index (χ4n) is 1.81. The largest absolute Gasteiger partial charge is 0.495 e. The van der Waals surface area contributed by atoms with Crippen LogP contribution in [-0.4, -0.2) is 35.9 Å². The predicted molar refractivity (Wildman–Crippen MR) is 86.9 cm³/mol. The Kier molecular flexibility index (Phi) is 6.09. The first-order valence-corrected chi connectivity index (χ1v) is 7.25. The summed E-state index contributed by atoms with van der Waals surface area (Å²) < 4.78 is 10.1. The topological polar surface area (TPSA) is 111 Å². The highest BCUT2D eigenvalue weighted by Crippen LogP contribution is 2.29. The molecule has 0 aliphatic carbocycles. The van der Waals surface area contributed by atoms with E-state index in [2.05, 4.69) is 5.32 Å².